The third kappa shape index (κ3) is 4.10. The van der Waals surface area contributed by atoms with E-state index >= 15 is 0 Å². The van der Waals surface area contributed by atoms with Gasteiger partial charge < -0.3 is 16.0 Å². The molecule has 2 amide bonds. The molecule has 4 rings (SSSR count). The number of pyridine rings is 2. The number of primary amides is 1. The van der Waals surface area contributed by atoms with E-state index in [2.05, 4.69) is 15.3 Å². The monoisotopic (exact) mass is 403 g/mol. The Hall–Kier alpha value is -3.48. The number of aryl methyl sites for hydroxylation is 1. The number of carbonyl (C=O) groups is 2. The fourth-order valence-electron chi connectivity index (χ4n) is 3.77. The molecule has 0 aliphatic carbocycles. The molecule has 0 bridgehead atoms. The van der Waals surface area contributed by atoms with Crippen molar-refractivity contribution in [3.63, 3.8) is 0 Å². The zero-order valence-electron chi connectivity index (χ0n) is 17.0. The predicted octanol–water partition coefficient (Wildman–Crippen LogP) is 3.80. The van der Waals surface area contributed by atoms with Crippen molar-refractivity contribution in [1.29, 1.82) is 0 Å². The van der Waals surface area contributed by atoms with E-state index in [1.165, 1.54) is 0 Å². The molecule has 3 heterocycles. The minimum atomic E-state index is -0.479. The van der Waals surface area contributed by atoms with E-state index < -0.39 is 5.91 Å². The number of anilines is 2. The van der Waals surface area contributed by atoms with Crippen LogP contribution in [0.15, 0.2) is 42.6 Å². The average Bonchev–Trinajstić information content (AvgIpc) is 3.03. The molecular formula is C23H25N5O2. The van der Waals surface area contributed by atoms with Gasteiger partial charge in [0.05, 0.1) is 11.3 Å². The first-order chi connectivity index (χ1) is 14.5. The molecule has 0 saturated carbocycles. The molecule has 7 heteroatoms. The maximum Gasteiger partial charge on any atom is 0.257 e. The van der Waals surface area contributed by atoms with Crippen LogP contribution in [0, 0.1) is 6.92 Å². The zero-order chi connectivity index (χ0) is 21.1. The quantitative estimate of drug-likeness (QED) is 0.690. The highest BCUT2D eigenvalue weighted by Crippen LogP contribution is 2.30. The second kappa shape index (κ2) is 8.49. The number of hydrogen-bond donors (Lipinski definition) is 2. The molecule has 30 heavy (non-hydrogen) atoms. The molecule has 1 aliphatic heterocycles. The summed E-state index contributed by atoms with van der Waals surface area (Å²) >= 11 is 0. The van der Waals surface area contributed by atoms with Gasteiger partial charge in [-0.25, -0.2) is 9.97 Å². The highest BCUT2D eigenvalue weighted by Gasteiger charge is 2.22. The summed E-state index contributed by atoms with van der Waals surface area (Å²) in [6.45, 7) is 3.43. The zero-order valence-corrected chi connectivity index (χ0v) is 17.0. The van der Waals surface area contributed by atoms with Crippen molar-refractivity contribution < 1.29 is 9.59 Å². The molecule has 0 unspecified atom stereocenters. The molecule has 3 N–H and O–H groups in total. The lowest BCUT2D eigenvalue weighted by molar-refractivity contribution is 0.0762. The second-order valence-corrected chi connectivity index (χ2v) is 7.64. The Morgan fingerprint density at radius 3 is 2.37 bits per heavy atom. The smallest absolute Gasteiger partial charge is 0.257 e. The number of rotatable bonds is 4. The number of hydrogen-bond acceptors (Lipinski definition) is 5. The van der Waals surface area contributed by atoms with Crippen LogP contribution in [0.4, 0.5) is 11.4 Å². The maximum absolute atomic E-state index is 13.4. The van der Waals surface area contributed by atoms with Crippen molar-refractivity contribution in [1.82, 2.24) is 14.9 Å². The molecule has 1 aliphatic rings. The first-order valence-corrected chi connectivity index (χ1v) is 10.3. The van der Waals surface area contributed by atoms with Crippen LogP contribution in [0.3, 0.4) is 0 Å². The Bertz CT molecular complexity index is 1090. The topological polar surface area (TPSA) is 101 Å². The minimum absolute atomic E-state index is 0.0249. The van der Waals surface area contributed by atoms with Crippen LogP contribution in [-0.4, -0.2) is 39.8 Å². The molecule has 1 fully saturated rings. The Morgan fingerprint density at radius 2 is 1.70 bits per heavy atom. The van der Waals surface area contributed by atoms with E-state index in [9.17, 15) is 9.59 Å². The number of fused-ring (bicyclic) bond motifs is 1. The highest BCUT2D eigenvalue weighted by molar-refractivity contribution is 6.07. The normalized spacial score (nSPS) is 14.4. The van der Waals surface area contributed by atoms with Gasteiger partial charge in [-0.1, -0.05) is 12.8 Å². The van der Waals surface area contributed by atoms with E-state index in [1.54, 1.807) is 30.5 Å². The summed E-state index contributed by atoms with van der Waals surface area (Å²) in [5, 5.41) is 4.14. The minimum Gasteiger partial charge on any atom is -0.366 e. The van der Waals surface area contributed by atoms with Gasteiger partial charge in [0.15, 0.2) is 5.65 Å². The summed E-state index contributed by atoms with van der Waals surface area (Å²) in [4.78, 5) is 35.6. The summed E-state index contributed by atoms with van der Waals surface area (Å²) in [5.41, 5.74) is 9.15. The van der Waals surface area contributed by atoms with Crippen LogP contribution >= 0.6 is 0 Å². The number of nitrogens with two attached hydrogens (primary N) is 1. The van der Waals surface area contributed by atoms with Crippen LogP contribution in [0.2, 0.25) is 0 Å². The molecular weight excluding hydrogens is 378 g/mol. The van der Waals surface area contributed by atoms with Gasteiger partial charge >= 0.3 is 0 Å². The molecule has 1 saturated heterocycles. The van der Waals surface area contributed by atoms with Crippen LogP contribution < -0.4 is 11.1 Å². The lowest BCUT2D eigenvalue weighted by Gasteiger charge is -2.22. The van der Waals surface area contributed by atoms with Gasteiger partial charge in [0, 0.05) is 41.6 Å². The maximum atomic E-state index is 13.4. The summed E-state index contributed by atoms with van der Waals surface area (Å²) in [5.74, 6) is -0.504. The van der Waals surface area contributed by atoms with Crippen molar-refractivity contribution in [2.24, 2.45) is 5.73 Å². The van der Waals surface area contributed by atoms with Gasteiger partial charge in [0.25, 0.3) is 5.91 Å². The van der Waals surface area contributed by atoms with Crippen molar-refractivity contribution in [2.75, 3.05) is 18.4 Å². The Kier molecular flexibility index (Phi) is 5.61. The van der Waals surface area contributed by atoms with Crippen LogP contribution in [0.5, 0.6) is 0 Å². The van der Waals surface area contributed by atoms with Crippen molar-refractivity contribution >= 4 is 34.2 Å². The Morgan fingerprint density at radius 1 is 1.00 bits per heavy atom. The number of amides is 2. The molecule has 3 aromatic rings. The number of nitrogens with zero attached hydrogens (tertiary/aromatic N) is 3. The van der Waals surface area contributed by atoms with Gasteiger partial charge in [0.1, 0.15) is 0 Å². The van der Waals surface area contributed by atoms with Crippen LogP contribution in [0.25, 0.3) is 11.0 Å². The molecule has 0 atom stereocenters. The largest absolute Gasteiger partial charge is 0.366 e. The van der Waals surface area contributed by atoms with Crippen molar-refractivity contribution in [3.8, 4) is 0 Å². The van der Waals surface area contributed by atoms with E-state index in [4.69, 9.17) is 5.73 Å². The number of carbonyl (C=O) groups excluding carboxylic acids is 2. The van der Waals surface area contributed by atoms with E-state index in [1.807, 2.05) is 24.0 Å². The van der Waals surface area contributed by atoms with Gasteiger partial charge in [-0.3, -0.25) is 9.59 Å². The number of nitrogens with one attached hydrogen (secondary N) is 1. The number of likely N-dealkylation sites (tertiary alicyclic amines) is 1. The second-order valence-electron chi connectivity index (χ2n) is 7.64. The third-order valence-electron chi connectivity index (χ3n) is 5.43. The Balaban J connectivity index is 1.76. The molecule has 0 spiro atoms. The van der Waals surface area contributed by atoms with Gasteiger partial charge in [-0.15, -0.1) is 0 Å². The van der Waals surface area contributed by atoms with E-state index in [-0.39, 0.29) is 5.91 Å². The summed E-state index contributed by atoms with van der Waals surface area (Å²) in [6.07, 6.45) is 5.96. The van der Waals surface area contributed by atoms with E-state index in [0.717, 1.165) is 55.5 Å². The first-order valence-electron chi connectivity index (χ1n) is 10.3. The molecule has 154 valence electrons. The fraction of sp³-hybridized carbons (Fsp3) is 0.304. The van der Waals surface area contributed by atoms with Gasteiger partial charge in [-0.2, -0.15) is 0 Å². The fourth-order valence-corrected chi connectivity index (χ4v) is 3.77. The first kappa shape index (κ1) is 19.8. The van der Waals surface area contributed by atoms with Gasteiger partial charge in [0.2, 0.25) is 5.91 Å². The lowest BCUT2D eigenvalue weighted by Crippen LogP contribution is -2.32. The molecule has 1 aromatic carbocycles. The lowest BCUT2D eigenvalue weighted by atomic mass is 10.1. The number of benzene rings is 1. The summed E-state index contributed by atoms with van der Waals surface area (Å²) in [7, 11) is 0. The van der Waals surface area contributed by atoms with Gasteiger partial charge in [-0.05, 0) is 56.2 Å². The average molecular weight is 403 g/mol. The summed E-state index contributed by atoms with van der Waals surface area (Å²) in [6, 6.07) is 10.7. The highest BCUT2D eigenvalue weighted by atomic mass is 16.2. The van der Waals surface area contributed by atoms with Crippen LogP contribution in [0.1, 0.15) is 52.1 Å². The Labute approximate surface area is 175 Å². The van der Waals surface area contributed by atoms with Crippen LogP contribution in [-0.2, 0) is 0 Å². The molecule has 0 radical (unpaired) electrons. The predicted molar refractivity (Wildman–Crippen MR) is 117 cm³/mol. The number of aromatic nitrogens is 2. The van der Waals surface area contributed by atoms with E-state index in [0.29, 0.717) is 22.5 Å². The van der Waals surface area contributed by atoms with Crippen molar-refractivity contribution in [2.45, 2.75) is 32.6 Å². The third-order valence-corrected chi connectivity index (χ3v) is 5.43. The van der Waals surface area contributed by atoms with Crippen molar-refractivity contribution in [3.05, 3.63) is 59.4 Å². The summed E-state index contributed by atoms with van der Waals surface area (Å²) < 4.78 is 0. The molecule has 2 aromatic heterocycles. The standard InChI is InChI=1S/C23H25N5O2/c1-15-6-11-18-20(27-17-9-7-16(8-10-17)21(24)29)19(14-25-22(18)26-15)23(30)28-12-4-2-3-5-13-28/h6-11,14H,2-5,12-13H2,1H3,(H2,24,29)(H,25,26,27). The SMILES string of the molecule is Cc1ccc2c(Nc3ccc(C(N)=O)cc3)c(C(=O)N3CCCCCC3)cnc2n1. The molecule has 7 nitrogen and oxygen atoms in total.